The summed E-state index contributed by atoms with van der Waals surface area (Å²) < 4.78 is 18.9. The molecule has 0 unspecified atom stereocenters. The molecule has 0 aliphatic rings. The molecule has 0 atom stereocenters. The molecule has 0 amide bonds. The summed E-state index contributed by atoms with van der Waals surface area (Å²) in [6, 6.07) is 4.55. The van der Waals surface area contributed by atoms with Gasteiger partial charge in [-0.15, -0.1) is 0 Å². The summed E-state index contributed by atoms with van der Waals surface area (Å²) in [6.07, 6.45) is 1.44. The van der Waals surface area contributed by atoms with E-state index in [9.17, 15) is 14.5 Å². The Hall–Kier alpha value is -2.50. The molecular weight excluding hydrogens is 275 g/mol. The molecule has 0 saturated heterocycles. The van der Waals surface area contributed by atoms with Gasteiger partial charge in [-0.05, 0) is 32.4 Å². The molecule has 1 aromatic heterocycles. The van der Waals surface area contributed by atoms with E-state index in [0.29, 0.717) is 28.1 Å². The zero-order chi connectivity index (χ0) is 15.6. The third-order valence-corrected chi connectivity index (χ3v) is 3.28. The molecule has 0 saturated carbocycles. The van der Waals surface area contributed by atoms with E-state index in [1.54, 1.807) is 32.9 Å². The van der Waals surface area contributed by atoms with E-state index in [-0.39, 0.29) is 18.1 Å². The fraction of sp³-hybridized carbons (Fsp3) is 0.267. The number of rotatable bonds is 4. The van der Waals surface area contributed by atoms with E-state index >= 15 is 0 Å². The van der Waals surface area contributed by atoms with Crippen LogP contribution in [0.15, 0.2) is 24.4 Å². The normalized spacial score (nSPS) is 10.5. The first-order chi connectivity index (χ1) is 9.90. The molecule has 2 aromatic rings. The fourth-order valence-corrected chi connectivity index (χ4v) is 2.01. The van der Waals surface area contributed by atoms with Crippen molar-refractivity contribution in [1.29, 1.82) is 0 Å². The minimum atomic E-state index is -0.429. The molecule has 1 aromatic carbocycles. The summed E-state index contributed by atoms with van der Waals surface area (Å²) in [5.74, 6) is 0.00889. The highest BCUT2D eigenvalue weighted by molar-refractivity contribution is 5.47. The summed E-state index contributed by atoms with van der Waals surface area (Å²) >= 11 is 0. The summed E-state index contributed by atoms with van der Waals surface area (Å²) in [6.45, 7) is 4.98. The van der Waals surface area contributed by atoms with Crippen molar-refractivity contribution >= 4 is 5.69 Å². The molecule has 2 rings (SSSR count). The van der Waals surface area contributed by atoms with Crippen LogP contribution in [0.3, 0.4) is 0 Å². The van der Waals surface area contributed by atoms with Gasteiger partial charge in [0.25, 0.3) is 5.69 Å². The third kappa shape index (κ3) is 3.16. The summed E-state index contributed by atoms with van der Waals surface area (Å²) in [4.78, 5) is 14.8. The third-order valence-electron chi connectivity index (χ3n) is 3.28. The lowest BCUT2D eigenvalue weighted by molar-refractivity contribution is -0.386. The number of ether oxygens (including phenoxy) is 1. The summed E-state index contributed by atoms with van der Waals surface area (Å²) in [5, 5.41) is 11.0. The number of aromatic nitrogens is 1. The van der Waals surface area contributed by atoms with E-state index in [1.165, 1.54) is 12.3 Å². The van der Waals surface area contributed by atoms with E-state index in [0.717, 1.165) is 0 Å². The number of benzene rings is 1. The molecule has 0 spiro atoms. The second kappa shape index (κ2) is 5.87. The fourth-order valence-electron chi connectivity index (χ4n) is 2.01. The van der Waals surface area contributed by atoms with Crippen LogP contribution in [0.4, 0.5) is 10.1 Å². The average Bonchev–Trinajstić information content (AvgIpc) is 2.41. The Kier molecular flexibility index (Phi) is 4.16. The number of pyridine rings is 1. The minimum absolute atomic E-state index is 0.0405. The van der Waals surface area contributed by atoms with Crippen molar-refractivity contribution in [3.63, 3.8) is 0 Å². The van der Waals surface area contributed by atoms with E-state index in [2.05, 4.69) is 4.98 Å². The van der Waals surface area contributed by atoms with Gasteiger partial charge in [0.15, 0.2) is 0 Å². The van der Waals surface area contributed by atoms with Crippen LogP contribution in [0.5, 0.6) is 5.75 Å². The van der Waals surface area contributed by atoms with Crippen molar-refractivity contribution < 1.29 is 14.1 Å². The lowest BCUT2D eigenvalue weighted by Gasteiger charge is -2.10. The minimum Gasteiger partial charge on any atom is -0.487 e. The molecule has 21 heavy (non-hydrogen) atoms. The highest BCUT2D eigenvalue weighted by atomic mass is 19.1. The van der Waals surface area contributed by atoms with Crippen molar-refractivity contribution in [3.05, 3.63) is 62.7 Å². The number of nitrogens with zero attached hydrogens (tertiary/aromatic N) is 2. The van der Waals surface area contributed by atoms with Gasteiger partial charge in [-0.2, -0.15) is 0 Å². The number of hydrogen-bond donors (Lipinski definition) is 0. The van der Waals surface area contributed by atoms with Gasteiger partial charge < -0.3 is 4.74 Å². The number of halogens is 1. The molecule has 0 N–H and O–H groups in total. The maximum absolute atomic E-state index is 13.4. The lowest BCUT2D eigenvalue weighted by Crippen LogP contribution is -2.05. The number of hydrogen-bond acceptors (Lipinski definition) is 4. The zero-order valence-corrected chi connectivity index (χ0v) is 12.0. The maximum Gasteiger partial charge on any atom is 0.278 e. The van der Waals surface area contributed by atoms with Gasteiger partial charge in [0, 0.05) is 17.8 Å². The van der Waals surface area contributed by atoms with Crippen molar-refractivity contribution in [2.75, 3.05) is 0 Å². The molecular formula is C15H15FN2O3. The lowest BCUT2D eigenvalue weighted by atomic mass is 10.1. The van der Waals surface area contributed by atoms with Crippen LogP contribution in [-0.4, -0.2) is 9.91 Å². The largest absolute Gasteiger partial charge is 0.487 e. The average molecular weight is 290 g/mol. The monoisotopic (exact) mass is 290 g/mol. The van der Waals surface area contributed by atoms with Gasteiger partial charge in [0.2, 0.25) is 0 Å². The van der Waals surface area contributed by atoms with Crippen molar-refractivity contribution in [2.45, 2.75) is 27.4 Å². The van der Waals surface area contributed by atoms with E-state index < -0.39 is 4.92 Å². The van der Waals surface area contributed by atoms with Crippen LogP contribution in [0, 0.1) is 36.7 Å². The van der Waals surface area contributed by atoms with E-state index in [1.807, 2.05) is 0 Å². The van der Waals surface area contributed by atoms with Crippen molar-refractivity contribution in [3.8, 4) is 5.75 Å². The van der Waals surface area contributed by atoms with Crippen LogP contribution in [0.2, 0.25) is 0 Å². The maximum atomic E-state index is 13.4. The van der Waals surface area contributed by atoms with Gasteiger partial charge >= 0.3 is 0 Å². The van der Waals surface area contributed by atoms with Crippen LogP contribution in [-0.2, 0) is 6.61 Å². The molecule has 0 aliphatic heterocycles. The molecule has 110 valence electrons. The van der Waals surface area contributed by atoms with Gasteiger partial charge in [-0.1, -0.05) is 6.07 Å². The molecule has 0 fully saturated rings. The van der Waals surface area contributed by atoms with Crippen LogP contribution in [0.25, 0.3) is 0 Å². The van der Waals surface area contributed by atoms with Crippen molar-refractivity contribution in [2.24, 2.45) is 0 Å². The first-order valence-electron chi connectivity index (χ1n) is 6.38. The topological polar surface area (TPSA) is 65.3 Å². The van der Waals surface area contributed by atoms with Crippen molar-refractivity contribution in [1.82, 2.24) is 4.98 Å². The molecule has 0 radical (unpaired) electrons. The van der Waals surface area contributed by atoms with Crippen LogP contribution in [0.1, 0.15) is 22.4 Å². The summed E-state index contributed by atoms with van der Waals surface area (Å²) in [5.41, 5.74) is 2.00. The smallest absolute Gasteiger partial charge is 0.278 e. The van der Waals surface area contributed by atoms with Crippen LogP contribution >= 0.6 is 0 Å². The summed E-state index contributed by atoms with van der Waals surface area (Å²) in [7, 11) is 0. The Morgan fingerprint density at radius 3 is 2.62 bits per heavy atom. The zero-order valence-electron chi connectivity index (χ0n) is 12.0. The van der Waals surface area contributed by atoms with Gasteiger partial charge in [-0.3, -0.25) is 15.1 Å². The predicted molar refractivity (Wildman–Crippen MR) is 75.8 cm³/mol. The Bertz CT molecular complexity index is 702. The quantitative estimate of drug-likeness (QED) is 0.637. The standard InChI is InChI=1S/C15H15FN2O3/c1-9-4-5-12(6-13(9)16)21-8-14-11(3)15(18(19)20)10(2)7-17-14/h4-7H,8H2,1-3H3. The first-order valence-corrected chi connectivity index (χ1v) is 6.38. The predicted octanol–water partition coefficient (Wildman–Crippen LogP) is 3.63. The number of aryl methyl sites for hydroxylation is 2. The second-order valence-electron chi connectivity index (χ2n) is 4.82. The number of nitro groups is 1. The van der Waals surface area contributed by atoms with Gasteiger partial charge in [0.05, 0.1) is 16.2 Å². The van der Waals surface area contributed by atoms with E-state index in [4.69, 9.17) is 4.74 Å². The molecule has 1 heterocycles. The molecule has 0 aliphatic carbocycles. The molecule has 6 heteroatoms. The first kappa shape index (κ1) is 14.9. The Balaban J connectivity index is 2.22. The highest BCUT2D eigenvalue weighted by Crippen LogP contribution is 2.25. The Labute approximate surface area is 121 Å². The van der Waals surface area contributed by atoms with Gasteiger partial charge in [-0.25, -0.2) is 4.39 Å². The molecule has 5 nitrogen and oxygen atoms in total. The van der Waals surface area contributed by atoms with Gasteiger partial charge in [0.1, 0.15) is 18.2 Å². The van der Waals surface area contributed by atoms with Crippen LogP contribution < -0.4 is 4.74 Å². The highest BCUT2D eigenvalue weighted by Gasteiger charge is 2.18. The Morgan fingerprint density at radius 1 is 1.29 bits per heavy atom. The second-order valence-corrected chi connectivity index (χ2v) is 4.82. The molecule has 0 bridgehead atoms. The SMILES string of the molecule is Cc1ccc(OCc2ncc(C)c([N+](=O)[O-])c2C)cc1F. The Morgan fingerprint density at radius 2 is 2.00 bits per heavy atom.